The molecule has 4 aromatic rings. The Morgan fingerprint density at radius 3 is 2.89 bits per heavy atom. The summed E-state index contributed by atoms with van der Waals surface area (Å²) in [5.41, 5.74) is 1.87. The molecule has 4 rings (SSSR count). The van der Waals surface area contributed by atoms with Gasteiger partial charge in [0.1, 0.15) is 6.33 Å². The molecule has 3 heterocycles. The first-order chi connectivity index (χ1) is 7.95. The Kier molecular flexibility index (Phi) is 5.33. The number of hydrogen-bond donors (Lipinski definition) is 0. The average molecular weight is 504 g/mol. The van der Waals surface area contributed by atoms with Crippen molar-refractivity contribution in [1.82, 2.24) is 24.0 Å². The molecule has 0 N–H and O–H groups in total. The zero-order valence-corrected chi connectivity index (χ0v) is 15.3. The van der Waals surface area contributed by atoms with Crippen LogP contribution in [0.25, 0.3) is 22.3 Å². The molecular formula is C12H9IrN5Y-2. The number of hydrogen-bond acceptors (Lipinski definition) is 3. The zero-order valence-electron chi connectivity index (χ0n) is 10.1. The minimum atomic E-state index is 0. The number of rotatable bonds is 0. The molecule has 1 aromatic carbocycles. The number of imidazole rings is 1. The van der Waals surface area contributed by atoms with Crippen molar-refractivity contribution in [2.45, 2.75) is 0 Å². The van der Waals surface area contributed by atoms with E-state index < -0.39 is 0 Å². The monoisotopic (exact) mass is 505 g/mol. The molecule has 0 fully saturated rings. The molecule has 5 nitrogen and oxygen atoms in total. The van der Waals surface area contributed by atoms with Crippen molar-refractivity contribution in [3.63, 3.8) is 0 Å². The molecule has 0 aliphatic heterocycles. The van der Waals surface area contributed by atoms with E-state index in [4.69, 9.17) is 0 Å². The second kappa shape index (κ2) is 6.18. The van der Waals surface area contributed by atoms with Crippen molar-refractivity contribution in [1.29, 1.82) is 0 Å². The molecule has 0 spiro atoms. The molecule has 0 atom stereocenters. The van der Waals surface area contributed by atoms with Gasteiger partial charge in [-0.15, -0.1) is 34.5 Å². The van der Waals surface area contributed by atoms with E-state index in [1.54, 1.807) is 12.5 Å². The summed E-state index contributed by atoms with van der Waals surface area (Å²) in [4.78, 5) is 4.33. The van der Waals surface area contributed by atoms with Crippen LogP contribution in [0, 0.1) is 13.5 Å². The third-order valence-corrected chi connectivity index (χ3v) is 2.70. The van der Waals surface area contributed by atoms with Gasteiger partial charge in [-0.25, -0.2) is 0 Å². The first-order valence-corrected chi connectivity index (χ1v) is 4.90. The van der Waals surface area contributed by atoms with E-state index in [0.29, 0.717) is 0 Å². The Hall–Kier alpha value is -0.677. The van der Waals surface area contributed by atoms with Gasteiger partial charge in [0.2, 0.25) is 5.78 Å². The molecular weight excluding hydrogens is 495 g/mol. The summed E-state index contributed by atoms with van der Waals surface area (Å²) >= 11 is 0. The minimum Gasteiger partial charge on any atom is -0.358 e. The normalized spacial score (nSPS) is 9.89. The van der Waals surface area contributed by atoms with Gasteiger partial charge in [-0.05, 0) is 5.52 Å². The molecule has 0 saturated heterocycles. The summed E-state index contributed by atoms with van der Waals surface area (Å²) in [5, 5.41) is 8.99. The number of aromatic nitrogens is 5. The summed E-state index contributed by atoms with van der Waals surface area (Å²) in [6.45, 7) is 0. The van der Waals surface area contributed by atoms with Crippen LogP contribution in [0.3, 0.4) is 0 Å². The molecule has 0 aliphatic rings. The second-order valence-corrected chi connectivity index (χ2v) is 3.55. The van der Waals surface area contributed by atoms with E-state index in [1.807, 2.05) is 33.2 Å². The van der Waals surface area contributed by atoms with Gasteiger partial charge in [-0.2, -0.15) is 0 Å². The molecule has 96 valence electrons. The van der Waals surface area contributed by atoms with Gasteiger partial charge < -0.3 is 16.2 Å². The molecule has 0 aliphatic carbocycles. The summed E-state index contributed by atoms with van der Waals surface area (Å²) in [7, 11) is 0. The fraction of sp³-hybridized carbons (Fsp3) is 0. The number of benzene rings is 1. The van der Waals surface area contributed by atoms with Crippen molar-refractivity contribution < 1.29 is 52.8 Å². The van der Waals surface area contributed by atoms with Crippen molar-refractivity contribution >= 4 is 22.3 Å². The van der Waals surface area contributed by atoms with Gasteiger partial charge in [0.15, 0.2) is 0 Å². The van der Waals surface area contributed by atoms with Crippen molar-refractivity contribution in [3.05, 3.63) is 50.4 Å². The number of fused-ring (bicyclic) bond motifs is 6. The predicted molar refractivity (Wildman–Crippen MR) is 64.5 cm³/mol. The van der Waals surface area contributed by atoms with Crippen LogP contribution in [0.1, 0.15) is 0 Å². The van der Waals surface area contributed by atoms with Crippen LogP contribution in [-0.4, -0.2) is 24.0 Å². The Labute approximate surface area is 148 Å². The summed E-state index contributed by atoms with van der Waals surface area (Å²) < 4.78 is 3.84. The molecule has 0 saturated carbocycles. The standard InChI is InChI=1S/C11H6N5.CH3.Ir.Y/c1-2-4-9-8(3-1)10-12-5-6-15(10)11-14-13-7-16(9)11;;;/h1-2,4-7H;1H3;;/q2*-1;;. The molecule has 0 unspecified atom stereocenters. The molecule has 19 heavy (non-hydrogen) atoms. The van der Waals surface area contributed by atoms with E-state index in [-0.39, 0.29) is 60.2 Å². The molecule has 0 amide bonds. The number of nitrogens with zero attached hydrogens (tertiary/aromatic N) is 5. The summed E-state index contributed by atoms with van der Waals surface area (Å²) in [5.74, 6) is 0.764. The third kappa shape index (κ3) is 2.27. The maximum absolute atomic E-state index is 4.33. The zero-order chi connectivity index (χ0) is 10.5. The summed E-state index contributed by atoms with van der Waals surface area (Å²) in [6.07, 6.45) is 5.33. The van der Waals surface area contributed by atoms with Crippen molar-refractivity contribution in [3.8, 4) is 0 Å². The van der Waals surface area contributed by atoms with Gasteiger partial charge in [0.05, 0.1) is 5.65 Å². The Morgan fingerprint density at radius 1 is 1.21 bits per heavy atom. The van der Waals surface area contributed by atoms with Gasteiger partial charge in [-0.3, -0.25) is 4.98 Å². The van der Waals surface area contributed by atoms with Gasteiger partial charge >= 0.3 is 0 Å². The minimum absolute atomic E-state index is 0. The Morgan fingerprint density at radius 2 is 2.05 bits per heavy atom. The van der Waals surface area contributed by atoms with Crippen LogP contribution in [0.15, 0.2) is 36.9 Å². The van der Waals surface area contributed by atoms with Gasteiger partial charge in [0.25, 0.3) is 0 Å². The van der Waals surface area contributed by atoms with Crippen molar-refractivity contribution in [2.24, 2.45) is 0 Å². The summed E-state index contributed by atoms with van der Waals surface area (Å²) in [6, 6.07) is 9.04. The van der Waals surface area contributed by atoms with Crippen molar-refractivity contribution in [2.75, 3.05) is 0 Å². The maximum atomic E-state index is 4.33. The quantitative estimate of drug-likeness (QED) is 0.343. The van der Waals surface area contributed by atoms with E-state index in [0.717, 1.165) is 22.3 Å². The molecule has 7 heteroatoms. The van der Waals surface area contributed by atoms with Crippen LogP contribution in [0.4, 0.5) is 0 Å². The molecule has 3 aromatic heterocycles. The average Bonchev–Trinajstić information content (AvgIpc) is 2.98. The maximum Gasteiger partial charge on any atom is 0.224 e. The van der Waals surface area contributed by atoms with Gasteiger partial charge in [-0.1, -0.05) is 5.39 Å². The van der Waals surface area contributed by atoms with Crippen LogP contribution < -0.4 is 0 Å². The Bertz CT molecular complexity index is 753. The fourth-order valence-corrected chi connectivity index (χ4v) is 2.02. The molecule has 2 radical (unpaired) electrons. The van der Waals surface area contributed by atoms with E-state index in [2.05, 4.69) is 21.2 Å². The van der Waals surface area contributed by atoms with E-state index in [1.165, 1.54) is 0 Å². The smallest absolute Gasteiger partial charge is 0.224 e. The first kappa shape index (κ1) is 16.4. The topological polar surface area (TPSA) is 47.5 Å². The first-order valence-electron chi connectivity index (χ1n) is 4.90. The fourth-order valence-electron chi connectivity index (χ4n) is 2.02. The predicted octanol–water partition coefficient (Wildman–Crippen LogP) is 1.78. The van der Waals surface area contributed by atoms with Gasteiger partial charge in [0, 0.05) is 65.2 Å². The van der Waals surface area contributed by atoms with Crippen LogP contribution >= 0.6 is 0 Å². The van der Waals surface area contributed by atoms with Crippen LogP contribution in [-0.2, 0) is 52.8 Å². The van der Waals surface area contributed by atoms with E-state index >= 15 is 0 Å². The molecule has 0 bridgehead atoms. The Balaban J connectivity index is 0.000000602. The SMILES string of the molecule is [CH3-].[Ir].[Y].[c-]1cccc2c1c1nccn1c1nncn21. The van der Waals surface area contributed by atoms with Crippen LogP contribution in [0.5, 0.6) is 0 Å². The third-order valence-electron chi connectivity index (χ3n) is 2.70. The van der Waals surface area contributed by atoms with Crippen LogP contribution in [0.2, 0.25) is 0 Å². The second-order valence-electron chi connectivity index (χ2n) is 3.55. The van der Waals surface area contributed by atoms with E-state index in [9.17, 15) is 0 Å². The largest absolute Gasteiger partial charge is 0.358 e.